The van der Waals surface area contributed by atoms with Gasteiger partial charge in [0.05, 0.1) is 5.92 Å². The van der Waals surface area contributed by atoms with Gasteiger partial charge >= 0.3 is 12.0 Å². The van der Waals surface area contributed by atoms with E-state index in [0.717, 1.165) is 6.42 Å². The number of hydrogen-bond donors (Lipinski definition) is 2. The molecular formula is C14H28N2O3. The van der Waals surface area contributed by atoms with Crippen LogP contribution in [0.1, 0.15) is 40.5 Å². The summed E-state index contributed by atoms with van der Waals surface area (Å²) in [7, 11) is 1.73. The van der Waals surface area contributed by atoms with Crippen molar-refractivity contribution in [2.24, 2.45) is 17.8 Å². The van der Waals surface area contributed by atoms with Crippen LogP contribution in [0.3, 0.4) is 0 Å². The van der Waals surface area contributed by atoms with E-state index < -0.39 is 11.9 Å². The first-order valence-corrected chi connectivity index (χ1v) is 6.95. The van der Waals surface area contributed by atoms with Crippen LogP contribution < -0.4 is 5.32 Å². The van der Waals surface area contributed by atoms with E-state index in [9.17, 15) is 9.59 Å². The molecule has 0 aliphatic carbocycles. The lowest BCUT2D eigenvalue weighted by atomic mass is 9.97. The molecule has 5 heteroatoms. The van der Waals surface area contributed by atoms with Crippen LogP contribution in [0, 0.1) is 17.8 Å². The monoisotopic (exact) mass is 272 g/mol. The third-order valence-electron chi connectivity index (χ3n) is 2.99. The van der Waals surface area contributed by atoms with E-state index in [4.69, 9.17) is 5.11 Å². The van der Waals surface area contributed by atoms with Gasteiger partial charge < -0.3 is 15.3 Å². The number of amides is 2. The van der Waals surface area contributed by atoms with E-state index in [1.807, 2.05) is 13.8 Å². The maximum Gasteiger partial charge on any atom is 0.317 e. The smallest absolute Gasteiger partial charge is 0.317 e. The normalized spacial score (nSPS) is 12.6. The van der Waals surface area contributed by atoms with Crippen molar-refractivity contribution in [2.45, 2.75) is 40.5 Å². The minimum atomic E-state index is -0.848. The third-order valence-corrected chi connectivity index (χ3v) is 2.99. The van der Waals surface area contributed by atoms with Gasteiger partial charge in [0.25, 0.3) is 0 Å². The average molecular weight is 272 g/mol. The summed E-state index contributed by atoms with van der Waals surface area (Å²) in [6, 6.07) is -0.198. The predicted molar refractivity (Wildman–Crippen MR) is 76.1 cm³/mol. The summed E-state index contributed by atoms with van der Waals surface area (Å²) >= 11 is 0. The molecule has 0 radical (unpaired) electrons. The minimum absolute atomic E-state index is 0.193. The summed E-state index contributed by atoms with van der Waals surface area (Å²) in [5.41, 5.74) is 0. The van der Waals surface area contributed by atoms with E-state index in [-0.39, 0.29) is 12.6 Å². The Kier molecular flexibility index (Phi) is 8.19. The fourth-order valence-electron chi connectivity index (χ4n) is 1.74. The van der Waals surface area contributed by atoms with Gasteiger partial charge in [0, 0.05) is 20.1 Å². The summed E-state index contributed by atoms with van der Waals surface area (Å²) in [6.07, 6.45) is 1.52. The fourth-order valence-corrected chi connectivity index (χ4v) is 1.74. The summed E-state index contributed by atoms with van der Waals surface area (Å²) in [6.45, 7) is 9.05. The van der Waals surface area contributed by atoms with Crippen molar-refractivity contribution >= 4 is 12.0 Å². The average Bonchev–Trinajstić information content (AvgIpc) is 2.29. The van der Waals surface area contributed by atoms with E-state index in [1.54, 1.807) is 11.9 Å². The molecule has 0 aromatic heterocycles. The van der Waals surface area contributed by atoms with Gasteiger partial charge in [-0.15, -0.1) is 0 Å². The highest BCUT2D eigenvalue weighted by molar-refractivity contribution is 5.75. The van der Waals surface area contributed by atoms with Crippen molar-refractivity contribution in [3.63, 3.8) is 0 Å². The first-order chi connectivity index (χ1) is 8.73. The van der Waals surface area contributed by atoms with Crippen LogP contribution in [0.15, 0.2) is 0 Å². The number of aliphatic carboxylic acids is 1. The Labute approximate surface area is 116 Å². The van der Waals surface area contributed by atoms with Crippen molar-refractivity contribution in [3.05, 3.63) is 0 Å². The quantitative estimate of drug-likeness (QED) is 0.713. The fraction of sp³-hybridized carbons (Fsp3) is 0.857. The Morgan fingerprint density at radius 3 is 2.16 bits per heavy atom. The predicted octanol–water partition coefficient (Wildman–Crippen LogP) is 2.42. The van der Waals surface area contributed by atoms with Crippen LogP contribution in [0.5, 0.6) is 0 Å². The van der Waals surface area contributed by atoms with Crippen LogP contribution in [0.2, 0.25) is 0 Å². The zero-order valence-electron chi connectivity index (χ0n) is 12.8. The highest BCUT2D eigenvalue weighted by atomic mass is 16.4. The molecule has 0 spiro atoms. The molecule has 1 atom stereocenters. The van der Waals surface area contributed by atoms with E-state index >= 15 is 0 Å². The number of carboxylic acid groups (broad SMARTS) is 1. The van der Waals surface area contributed by atoms with Gasteiger partial charge in [0.2, 0.25) is 0 Å². The highest BCUT2D eigenvalue weighted by Crippen LogP contribution is 2.11. The summed E-state index contributed by atoms with van der Waals surface area (Å²) in [4.78, 5) is 24.5. The molecular weight excluding hydrogens is 244 g/mol. The molecule has 112 valence electrons. The summed E-state index contributed by atoms with van der Waals surface area (Å²) in [5, 5.41) is 11.8. The third kappa shape index (κ3) is 8.46. The number of carbonyl (C=O) groups is 2. The van der Waals surface area contributed by atoms with Gasteiger partial charge in [-0.1, -0.05) is 27.7 Å². The van der Waals surface area contributed by atoms with Crippen molar-refractivity contribution in [1.82, 2.24) is 10.2 Å². The zero-order chi connectivity index (χ0) is 15.0. The number of nitrogens with one attached hydrogen (secondary N) is 1. The molecule has 0 aromatic rings. The molecule has 0 heterocycles. The number of nitrogens with zero attached hydrogens (tertiary/aromatic N) is 1. The van der Waals surface area contributed by atoms with E-state index in [2.05, 4.69) is 19.2 Å². The van der Waals surface area contributed by atoms with Gasteiger partial charge in [0.1, 0.15) is 0 Å². The van der Waals surface area contributed by atoms with Gasteiger partial charge in [0.15, 0.2) is 0 Å². The van der Waals surface area contributed by atoms with E-state index in [0.29, 0.717) is 24.8 Å². The van der Waals surface area contributed by atoms with E-state index in [1.165, 1.54) is 0 Å². The van der Waals surface area contributed by atoms with Crippen LogP contribution >= 0.6 is 0 Å². The Morgan fingerprint density at radius 2 is 1.74 bits per heavy atom. The molecule has 5 nitrogen and oxygen atoms in total. The van der Waals surface area contributed by atoms with Gasteiger partial charge in [-0.3, -0.25) is 4.79 Å². The zero-order valence-corrected chi connectivity index (χ0v) is 12.8. The molecule has 0 bridgehead atoms. The number of carbonyl (C=O) groups excluding carboxylic acids is 1. The Balaban J connectivity index is 4.13. The first-order valence-electron chi connectivity index (χ1n) is 6.95. The van der Waals surface area contributed by atoms with Crippen molar-refractivity contribution in [1.29, 1.82) is 0 Å². The van der Waals surface area contributed by atoms with Crippen LogP contribution in [0.4, 0.5) is 4.79 Å². The number of hydrogen-bond acceptors (Lipinski definition) is 2. The molecule has 0 fully saturated rings. The molecule has 0 rings (SSSR count). The van der Waals surface area contributed by atoms with Crippen LogP contribution in [0.25, 0.3) is 0 Å². The lowest BCUT2D eigenvalue weighted by Gasteiger charge is -2.21. The second kappa shape index (κ2) is 8.77. The van der Waals surface area contributed by atoms with Crippen molar-refractivity contribution in [2.75, 3.05) is 20.1 Å². The van der Waals surface area contributed by atoms with Gasteiger partial charge in [-0.05, 0) is 24.7 Å². The molecule has 0 saturated carbocycles. The van der Waals surface area contributed by atoms with Crippen LogP contribution in [-0.4, -0.2) is 42.1 Å². The second-order valence-corrected chi connectivity index (χ2v) is 5.95. The molecule has 0 aromatic carbocycles. The molecule has 2 N–H and O–H groups in total. The Morgan fingerprint density at radius 1 is 1.16 bits per heavy atom. The maximum absolute atomic E-state index is 11.8. The largest absolute Gasteiger partial charge is 0.481 e. The number of rotatable bonds is 8. The van der Waals surface area contributed by atoms with Gasteiger partial charge in [-0.25, -0.2) is 4.79 Å². The molecule has 0 aliphatic rings. The number of urea groups is 1. The molecule has 0 saturated heterocycles. The second-order valence-electron chi connectivity index (χ2n) is 5.95. The lowest BCUT2D eigenvalue weighted by Crippen LogP contribution is -2.41. The molecule has 1 unspecified atom stereocenters. The number of carboxylic acids is 1. The first kappa shape index (κ1) is 17.7. The molecule has 19 heavy (non-hydrogen) atoms. The highest BCUT2D eigenvalue weighted by Gasteiger charge is 2.20. The molecule has 0 aliphatic heterocycles. The Bertz CT molecular complexity index is 290. The van der Waals surface area contributed by atoms with Crippen molar-refractivity contribution in [3.8, 4) is 0 Å². The lowest BCUT2D eigenvalue weighted by molar-refractivity contribution is -0.142. The topological polar surface area (TPSA) is 69.6 Å². The maximum atomic E-state index is 11.8. The van der Waals surface area contributed by atoms with Crippen molar-refractivity contribution < 1.29 is 14.7 Å². The van der Waals surface area contributed by atoms with Gasteiger partial charge in [-0.2, -0.15) is 0 Å². The minimum Gasteiger partial charge on any atom is -0.481 e. The standard InChI is InChI=1S/C14H28N2O3/c1-10(2)6-7-16(5)14(19)15-9-12(13(17)18)8-11(3)4/h10-12H,6-9H2,1-5H3,(H,15,19)(H,17,18). The summed E-state index contributed by atoms with van der Waals surface area (Å²) in [5.74, 6) is -0.513. The molecule has 2 amide bonds. The summed E-state index contributed by atoms with van der Waals surface area (Å²) < 4.78 is 0. The van der Waals surface area contributed by atoms with Crippen LogP contribution in [-0.2, 0) is 4.79 Å². The SMILES string of the molecule is CC(C)CCN(C)C(=O)NCC(CC(C)C)C(=O)O. The Hall–Kier alpha value is -1.26.